The number of hydrogen-bond acceptors (Lipinski definition) is 5. The van der Waals surface area contributed by atoms with Crippen LogP contribution in [-0.2, 0) is 0 Å². The SMILES string of the molecule is CC(=O)n1c2c(c3ccccc31)OC(C#N)=C(N)C2c1cccs1. The summed E-state index contributed by atoms with van der Waals surface area (Å²) in [5.41, 5.74) is 8.01. The van der Waals surface area contributed by atoms with Crippen molar-refractivity contribution in [2.45, 2.75) is 12.8 Å². The van der Waals surface area contributed by atoms with Crippen molar-refractivity contribution in [3.05, 3.63) is 63.8 Å². The normalized spacial score (nSPS) is 16.6. The molecule has 1 unspecified atom stereocenters. The van der Waals surface area contributed by atoms with E-state index < -0.39 is 0 Å². The molecule has 0 saturated heterocycles. The lowest BCUT2D eigenvalue weighted by Gasteiger charge is -2.25. The van der Waals surface area contributed by atoms with E-state index in [2.05, 4.69) is 0 Å². The molecule has 1 aromatic carbocycles. The minimum atomic E-state index is -0.375. The number of para-hydroxylation sites is 1. The number of nitriles is 1. The van der Waals surface area contributed by atoms with Gasteiger partial charge in [-0.2, -0.15) is 5.26 Å². The lowest BCUT2D eigenvalue weighted by molar-refractivity contribution is 0.0937. The van der Waals surface area contributed by atoms with Crippen LogP contribution >= 0.6 is 11.3 Å². The number of allylic oxidation sites excluding steroid dienone is 2. The summed E-state index contributed by atoms with van der Waals surface area (Å²) in [6, 6.07) is 13.4. The highest BCUT2D eigenvalue weighted by Crippen LogP contribution is 2.47. The van der Waals surface area contributed by atoms with E-state index >= 15 is 0 Å². The molecule has 5 nitrogen and oxygen atoms in total. The number of rotatable bonds is 1. The summed E-state index contributed by atoms with van der Waals surface area (Å²) < 4.78 is 7.43. The summed E-state index contributed by atoms with van der Waals surface area (Å²) in [6.07, 6.45) is 0. The van der Waals surface area contributed by atoms with Crippen LogP contribution in [0.5, 0.6) is 5.75 Å². The Morgan fingerprint density at radius 1 is 1.33 bits per heavy atom. The largest absolute Gasteiger partial charge is 0.442 e. The monoisotopic (exact) mass is 335 g/mol. The Morgan fingerprint density at radius 3 is 2.79 bits per heavy atom. The van der Waals surface area contributed by atoms with E-state index in [1.807, 2.05) is 47.8 Å². The predicted molar refractivity (Wildman–Crippen MR) is 91.9 cm³/mol. The second-order valence-corrected chi connectivity index (χ2v) is 6.51. The van der Waals surface area contributed by atoms with Crippen LogP contribution in [0, 0.1) is 11.3 Å². The Morgan fingerprint density at radius 2 is 2.12 bits per heavy atom. The number of aromatic nitrogens is 1. The van der Waals surface area contributed by atoms with Crippen LogP contribution in [-0.4, -0.2) is 10.5 Å². The highest BCUT2D eigenvalue weighted by Gasteiger charge is 2.36. The molecule has 118 valence electrons. The molecule has 0 radical (unpaired) electrons. The van der Waals surface area contributed by atoms with E-state index in [0.29, 0.717) is 17.1 Å². The molecule has 3 aromatic rings. The predicted octanol–water partition coefficient (Wildman–Crippen LogP) is 3.58. The van der Waals surface area contributed by atoms with Gasteiger partial charge >= 0.3 is 0 Å². The highest BCUT2D eigenvalue weighted by atomic mass is 32.1. The molecule has 0 aliphatic carbocycles. The van der Waals surface area contributed by atoms with Crippen molar-refractivity contribution < 1.29 is 9.53 Å². The lowest BCUT2D eigenvalue weighted by Crippen LogP contribution is -2.24. The maximum atomic E-state index is 12.4. The Labute approximate surface area is 142 Å². The number of nitrogens with zero attached hydrogens (tertiary/aromatic N) is 2. The van der Waals surface area contributed by atoms with Gasteiger partial charge in [-0.25, -0.2) is 0 Å². The number of ether oxygens (including phenoxy) is 1. The fourth-order valence-electron chi connectivity index (χ4n) is 3.21. The third kappa shape index (κ3) is 1.88. The summed E-state index contributed by atoms with van der Waals surface area (Å²) in [7, 11) is 0. The van der Waals surface area contributed by atoms with Crippen LogP contribution in [0.1, 0.15) is 28.2 Å². The summed E-state index contributed by atoms with van der Waals surface area (Å²) in [5.74, 6) is 0.128. The molecule has 0 saturated carbocycles. The van der Waals surface area contributed by atoms with E-state index in [4.69, 9.17) is 10.5 Å². The molecule has 24 heavy (non-hydrogen) atoms. The molecule has 3 heterocycles. The van der Waals surface area contributed by atoms with Crippen molar-refractivity contribution in [1.29, 1.82) is 5.26 Å². The number of benzene rings is 1. The number of hydrogen-bond donors (Lipinski definition) is 1. The van der Waals surface area contributed by atoms with Crippen molar-refractivity contribution in [3.63, 3.8) is 0 Å². The summed E-state index contributed by atoms with van der Waals surface area (Å²) in [6.45, 7) is 1.51. The Bertz CT molecular complexity index is 1040. The molecular formula is C18H13N3O2S. The first-order chi connectivity index (χ1) is 11.6. The highest BCUT2D eigenvalue weighted by molar-refractivity contribution is 7.10. The van der Waals surface area contributed by atoms with Gasteiger partial charge in [0.05, 0.1) is 22.8 Å². The molecule has 6 heteroatoms. The quantitative estimate of drug-likeness (QED) is 0.737. The molecule has 0 amide bonds. The standard InChI is InChI=1S/C18H13N3O2S/c1-10(22)21-12-6-3-2-5-11(12)18-17(21)15(14-7-4-8-24-14)16(20)13(9-19)23-18/h2-8,15H,20H2,1H3. The molecule has 2 aromatic heterocycles. The van der Waals surface area contributed by atoms with Gasteiger partial charge in [0.1, 0.15) is 6.07 Å². The molecule has 1 aliphatic heterocycles. The maximum Gasteiger partial charge on any atom is 0.228 e. The van der Waals surface area contributed by atoms with Crippen molar-refractivity contribution in [2.75, 3.05) is 0 Å². The van der Waals surface area contributed by atoms with Gasteiger partial charge in [0.15, 0.2) is 5.75 Å². The zero-order chi connectivity index (χ0) is 16.8. The summed E-state index contributed by atoms with van der Waals surface area (Å²) in [5, 5.41) is 12.2. The third-order valence-corrected chi connectivity index (χ3v) is 5.10. The van der Waals surface area contributed by atoms with Crippen molar-refractivity contribution in [2.24, 2.45) is 5.73 Å². The first kappa shape index (κ1) is 14.5. The van der Waals surface area contributed by atoms with Gasteiger partial charge < -0.3 is 10.5 Å². The van der Waals surface area contributed by atoms with E-state index in [1.165, 1.54) is 18.3 Å². The van der Waals surface area contributed by atoms with E-state index in [0.717, 1.165) is 15.8 Å². The Hall–Kier alpha value is -3.04. The zero-order valence-electron chi connectivity index (χ0n) is 12.8. The molecule has 4 rings (SSSR count). The van der Waals surface area contributed by atoms with Gasteiger partial charge in [-0.1, -0.05) is 18.2 Å². The number of carbonyl (C=O) groups is 1. The maximum absolute atomic E-state index is 12.4. The van der Waals surface area contributed by atoms with Crippen LogP contribution < -0.4 is 10.5 Å². The van der Waals surface area contributed by atoms with Gasteiger partial charge in [-0.15, -0.1) is 11.3 Å². The van der Waals surface area contributed by atoms with E-state index in [1.54, 1.807) is 4.57 Å². The van der Waals surface area contributed by atoms with Gasteiger partial charge in [0, 0.05) is 17.2 Å². The minimum Gasteiger partial charge on any atom is -0.442 e. The molecule has 2 N–H and O–H groups in total. The molecule has 0 bridgehead atoms. The second-order valence-electron chi connectivity index (χ2n) is 5.53. The van der Waals surface area contributed by atoms with Crippen molar-refractivity contribution >= 4 is 28.1 Å². The van der Waals surface area contributed by atoms with Gasteiger partial charge in [0.2, 0.25) is 11.7 Å². The fraction of sp³-hybridized carbons (Fsp3) is 0.111. The van der Waals surface area contributed by atoms with E-state index in [9.17, 15) is 10.1 Å². The molecule has 1 aliphatic rings. The average Bonchev–Trinajstić information content (AvgIpc) is 3.20. The van der Waals surface area contributed by atoms with Gasteiger partial charge in [0.25, 0.3) is 0 Å². The lowest BCUT2D eigenvalue weighted by atomic mass is 9.95. The number of nitrogens with two attached hydrogens (primary N) is 1. The first-order valence-electron chi connectivity index (χ1n) is 7.38. The number of carbonyl (C=O) groups excluding carboxylic acids is 1. The van der Waals surface area contributed by atoms with E-state index in [-0.39, 0.29) is 17.6 Å². The third-order valence-electron chi connectivity index (χ3n) is 4.16. The smallest absolute Gasteiger partial charge is 0.228 e. The number of fused-ring (bicyclic) bond motifs is 3. The molecule has 1 atom stereocenters. The van der Waals surface area contributed by atoms with Crippen LogP contribution in [0.4, 0.5) is 0 Å². The van der Waals surface area contributed by atoms with Crippen LogP contribution in [0.2, 0.25) is 0 Å². The average molecular weight is 335 g/mol. The number of thiophene rings is 1. The Balaban J connectivity index is 2.13. The topological polar surface area (TPSA) is 81.0 Å². The summed E-state index contributed by atoms with van der Waals surface area (Å²) >= 11 is 1.54. The van der Waals surface area contributed by atoms with Crippen molar-refractivity contribution in [1.82, 2.24) is 4.57 Å². The van der Waals surface area contributed by atoms with Crippen LogP contribution in [0.3, 0.4) is 0 Å². The van der Waals surface area contributed by atoms with Crippen LogP contribution in [0.25, 0.3) is 10.9 Å². The van der Waals surface area contributed by atoms with Gasteiger partial charge in [-0.05, 0) is 23.6 Å². The minimum absolute atomic E-state index is 0.0901. The van der Waals surface area contributed by atoms with Gasteiger partial charge in [-0.3, -0.25) is 9.36 Å². The second kappa shape index (κ2) is 5.25. The zero-order valence-corrected chi connectivity index (χ0v) is 13.6. The van der Waals surface area contributed by atoms with Crippen molar-refractivity contribution in [3.8, 4) is 11.8 Å². The summed E-state index contributed by atoms with van der Waals surface area (Å²) in [4.78, 5) is 13.3. The molecule has 0 fully saturated rings. The first-order valence-corrected chi connectivity index (χ1v) is 8.26. The molecule has 0 spiro atoms. The fourth-order valence-corrected chi connectivity index (χ4v) is 4.05. The molecular weight excluding hydrogens is 322 g/mol. The van der Waals surface area contributed by atoms with Crippen LogP contribution in [0.15, 0.2) is 53.2 Å². The Kier molecular flexibility index (Phi) is 3.18.